The number of hydrogen-bond acceptors (Lipinski definition) is 4. The largest absolute Gasteiger partial charge is 0.497 e. The van der Waals surface area contributed by atoms with Gasteiger partial charge in [0.05, 0.1) is 31.9 Å². The normalized spacial score (nSPS) is 14.3. The van der Waals surface area contributed by atoms with Gasteiger partial charge < -0.3 is 19.1 Å². The van der Waals surface area contributed by atoms with Gasteiger partial charge in [-0.25, -0.2) is 4.98 Å². The maximum Gasteiger partial charge on any atom is 0.130 e. The van der Waals surface area contributed by atoms with Crippen LogP contribution in [-0.4, -0.2) is 21.8 Å². The van der Waals surface area contributed by atoms with Gasteiger partial charge in [0, 0.05) is 11.6 Å². The number of imidazole rings is 1. The van der Waals surface area contributed by atoms with Crippen LogP contribution in [0.2, 0.25) is 0 Å². The number of aliphatic hydroxyl groups is 1. The van der Waals surface area contributed by atoms with Crippen LogP contribution in [0.4, 0.5) is 0 Å². The third-order valence-electron chi connectivity index (χ3n) is 3.50. The second kappa shape index (κ2) is 5.54. The molecule has 1 heterocycles. The molecule has 0 aliphatic heterocycles. The van der Waals surface area contributed by atoms with E-state index in [2.05, 4.69) is 9.55 Å². The summed E-state index contributed by atoms with van der Waals surface area (Å²) in [6.07, 6.45) is 6.12. The first kappa shape index (κ1) is 13.0. The fourth-order valence-electron chi connectivity index (χ4n) is 2.22. The molecule has 3 rings (SSSR count). The third-order valence-corrected chi connectivity index (χ3v) is 3.50. The molecule has 1 aromatic carbocycles. The Kier molecular flexibility index (Phi) is 3.60. The van der Waals surface area contributed by atoms with E-state index in [9.17, 15) is 5.11 Å². The Morgan fingerprint density at radius 3 is 2.95 bits per heavy atom. The zero-order valence-corrected chi connectivity index (χ0v) is 11.5. The summed E-state index contributed by atoms with van der Waals surface area (Å²) in [4.78, 5) is 4.18. The number of aliphatic hydroxyl groups excluding tert-OH is 1. The fourth-order valence-corrected chi connectivity index (χ4v) is 2.22. The Morgan fingerprint density at radius 2 is 2.25 bits per heavy atom. The van der Waals surface area contributed by atoms with Crippen molar-refractivity contribution in [1.82, 2.24) is 9.55 Å². The maximum atomic E-state index is 9.40. The average molecular weight is 274 g/mol. The van der Waals surface area contributed by atoms with Gasteiger partial charge in [0.25, 0.3) is 0 Å². The fraction of sp³-hybridized carbons (Fsp3) is 0.400. The number of nitrogens with zero attached hydrogens (tertiary/aromatic N) is 2. The lowest BCUT2D eigenvalue weighted by molar-refractivity contribution is 0.254. The SMILES string of the molecule is COc1ccc(OCc2cncn2C2CC2)c(CO)c1. The average Bonchev–Trinajstić information content (AvgIpc) is 3.23. The van der Waals surface area contributed by atoms with Crippen molar-refractivity contribution < 1.29 is 14.6 Å². The first-order chi connectivity index (χ1) is 9.81. The van der Waals surface area contributed by atoms with E-state index in [1.807, 2.05) is 24.7 Å². The first-order valence-corrected chi connectivity index (χ1v) is 6.73. The Bertz CT molecular complexity index is 591. The second-order valence-electron chi connectivity index (χ2n) is 4.94. The van der Waals surface area contributed by atoms with Crippen molar-refractivity contribution in [3.05, 3.63) is 42.0 Å². The molecule has 2 aromatic rings. The van der Waals surface area contributed by atoms with Gasteiger partial charge in [0.15, 0.2) is 0 Å². The minimum Gasteiger partial charge on any atom is -0.497 e. The third kappa shape index (κ3) is 2.63. The molecule has 1 aliphatic rings. The minimum absolute atomic E-state index is 0.0750. The molecule has 0 spiro atoms. The standard InChI is InChI=1S/C15H18N2O3/c1-19-14-4-5-15(11(6-14)8-18)20-9-13-7-16-10-17(13)12-2-3-12/h4-7,10,12,18H,2-3,8-9H2,1H3. The van der Waals surface area contributed by atoms with E-state index in [0.29, 0.717) is 24.1 Å². The molecular formula is C15H18N2O3. The molecule has 1 aliphatic carbocycles. The van der Waals surface area contributed by atoms with Crippen LogP contribution >= 0.6 is 0 Å². The summed E-state index contributed by atoms with van der Waals surface area (Å²) in [6, 6.07) is 6.02. The Morgan fingerprint density at radius 1 is 1.40 bits per heavy atom. The van der Waals surface area contributed by atoms with Crippen molar-refractivity contribution >= 4 is 0 Å². The van der Waals surface area contributed by atoms with Gasteiger partial charge in [0.1, 0.15) is 18.1 Å². The highest BCUT2D eigenvalue weighted by atomic mass is 16.5. The zero-order valence-electron chi connectivity index (χ0n) is 11.5. The van der Waals surface area contributed by atoms with E-state index in [1.165, 1.54) is 12.8 Å². The predicted octanol–water partition coefficient (Wildman–Crippen LogP) is 2.30. The molecule has 106 valence electrons. The quantitative estimate of drug-likeness (QED) is 0.878. The molecule has 5 nitrogen and oxygen atoms in total. The van der Waals surface area contributed by atoms with Gasteiger partial charge in [-0.15, -0.1) is 0 Å². The molecule has 0 saturated heterocycles. The molecule has 1 saturated carbocycles. The minimum atomic E-state index is -0.0750. The molecule has 0 unspecified atom stereocenters. The molecule has 1 N–H and O–H groups in total. The van der Waals surface area contributed by atoms with Crippen molar-refractivity contribution in [3.63, 3.8) is 0 Å². The monoisotopic (exact) mass is 274 g/mol. The first-order valence-electron chi connectivity index (χ1n) is 6.73. The molecular weight excluding hydrogens is 256 g/mol. The lowest BCUT2D eigenvalue weighted by Gasteiger charge is -2.12. The molecule has 1 aromatic heterocycles. The van der Waals surface area contributed by atoms with Gasteiger partial charge in [0.2, 0.25) is 0 Å². The maximum absolute atomic E-state index is 9.40. The smallest absolute Gasteiger partial charge is 0.130 e. The lowest BCUT2D eigenvalue weighted by Crippen LogP contribution is -2.05. The van der Waals surface area contributed by atoms with Crippen molar-refractivity contribution in [2.24, 2.45) is 0 Å². The predicted molar refractivity (Wildman–Crippen MR) is 73.7 cm³/mol. The summed E-state index contributed by atoms with van der Waals surface area (Å²) in [6.45, 7) is 0.379. The van der Waals surface area contributed by atoms with Gasteiger partial charge in [-0.3, -0.25) is 0 Å². The molecule has 0 amide bonds. The number of benzene rings is 1. The van der Waals surface area contributed by atoms with Crippen LogP contribution in [0.15, 0.2) is 30.7 Å². The van der Waals surface area contributed by atoms with Crippen LogP contribution in [0.3, 0.4) is 0 Å². The molecule has 0 bridgehead atoms. The molecule has 1 fully saturated rings. The highest BCUT2D eigenvalue weighted by Gasteiger charge is 2.25. The highest BCUT2D eigenvalue weighted by Crippen LogP contribution is 2.36. The van der Waals surface area contributed by atoms with Crippen molar-refractivity contribution in [2.45, 2.75) is 32.1 Å². The Hall–Kier alpha value is -2.01. The van der Waals surface area contributed by atoms with Crippen molar-refractivity contribution in [1.29, 1.82) is 0 Å². The Labute approximate surface area is 117 Å². The number of hydrogen-bond donors (Lipinski definition) is 1. The van der Waals surface area contributed by atoms with Gasteiger partial charge >= 0.3 is 0 Å². The van der Waals surface area contributed by atoms with Crippen molar-refractivity contribution in [3.8, 4) is 11.5 Å². The molecule has 5 heteroatoms. The molecule has 20 heavy (non-hydrogen) atoms. The number of rotatable bonds is 6. The topological polar surface area (TPSA) is 56.5 Å². The van der Waals surface area contributed by atoms with Gasteiger partial charge in [-0.1, -0.05) is 0 Å². The van der Waals surface area contributed by atoms with E-state index < -0.39 is 0 Å². The zero-order chi connectivity index (χ0) is 13.9. The van der Waals surface area contributed by atoms with Crippen LogP contribution in [0.5, 0.6) is 11.5 Å². The second-order valence-corrected chi connectivity index (χ2v) is 4.94. The van der Waals surface area contributed by atoms with Crippen LogP contribution in [0, 0.1) is 0 Å². The number of ether oxygens (including phenoxy) is 2. The molecule has 0 atom stereocenters. The van der Waals surface area contributed by atoms with E-state index >= 15 is 0 Å². The highest BCUT2D eigenvalue weighted by molar-refractivity contribution is 5.39. The lowest BCUT2D eigenvalue weighted by atomic mass is 10.2. The van der Waals surface area contributed by atoms with E-state index in [4.69, 9.17) is 9.47 Å². The number of methoxy groups -OCH3 is 1. The van der Waals surface area contributed by atoms with Crippen LogP contribution in [-0.2, 0) is 13.2 Å². The van der Waals surface area contributed by atoms with Crippen LogP contribution in [0.1, 0.15) is 30.1 Å². The number of aromatic nitrogens is 2. The summed E-state index contributed by atoms with van der Waals surface area (Å²) in [7, 11) is 1.60. The summed E-state index contributed by atoms with van der Waals surface area (Å²) >= 11 is 0. The van der Waals surface area contributed by atoms with E-state index in [1.54, 1.807) is 13.2 Å². The van der Waals surface area contributed by atoms with E-state index in [-0.39, 0.29) is 6.61 Å². The van der Waals surface area contributed by atoms with Gasteiger partial charge in [-0.05, 0) is 31.0 Å². The molecule has 0 radical (unpaired) electrons. The van der Waals surface area contributed by atoms with Crippen molar-refractivity contribution in [2.75, 3.05) is 7.11 Å². The summed E-state index contributed by atoms with van der Waals surface area (Å²) in [5, 5.41) is 9.40. The van der Waals surface area contributed by atoms with Gasteiger partial charge in [-0.2, -0.15) is 0 Å². The summed E-state index contributed by atoms with van der Waals surface area (Å²) in [5.74, 6) is 1.39. The van der Waals surface area contributed by atoms with Crippen LogP contribution < -0.4 is 9.47 Å². The summed E-state index contributed by atoms with van der Waals surface area (Å²) in [5.41, 5.74) is 1.79. The van der Waals surface area contributed by atoms with E-state index in [0.717, 1.165) is 11.3 Å². The summed E-state index contributed by atoms with van der Waals surface area (Å²) < 4.78 is 13.1. The Balaban J connectivity index is 1.72. The van der Waals surface area contributed by atoms with Crippen LogP contribution in [0.25, 0.3) is 0 Å².